The third kappa shape index (κ3) is 3.17. The Kier molecular flexibility index (Phi) is 4.08. The predicted octanol–water partition coefficient (Wildman–Crippen LogP) is 2.75. The fraction of sp³-hybridized carbons (Fsp3) is 0.471. The molecule has 0 aliphatic carbocycles. The molecule has 1 aromatic carbocycles. The maximum absolute atomic E-state index is 10.6. The molecule has 4 heteroatoms. The van der Waals surface area contributed by atoms with Crippen molar-refractivity contribution in [1.29, 1.82) is 0 Å². The summed E-state index contributed by atoms with van der Waals surface area (Å²) in [5, 5.41) is 15.1. The van der Waals surface area contributed by atoms with Crippen molar-refractivity contribution in [3.05, 3.63) is 36.0 Å². The highest BCUT2D eigenvalue weighted by molar-refractivity contribution is 5.91. The summed E-state index contributed by atoms with van der Waals surface area (Å²) in [6.07, 6.45) is 2.27. The smallest absolute Gasteiger partial charge is 0.0863 e. The Bertz CT molecular complexity index is 621. The minimum Gasteiger partial charge on any atom is -0.388 e. The molecular formula is C17H22N2O2. The van der Waals surface area contributed by atoms with E-state index in [0.29, 0.717) is 32.6 Å². The van der Waals surface area contributed by atoms with Gasteiger partial charge in [0.25, 0.3) is 0 Å². The standard InChI is InChI=1S/C17H22N2O2/c1-2-13-11-16(14-5-3-4-6-15(14)19-13)18-12-17(20)7-9-21-10-8-17/h3-6,11,20H,2,7-10,12H2,1H3,(H,18,19). The van der Waals surface area contributed by atoms with Crippen molar-refractivity contribution in [2.45, 2.75) is 31.8 Å². The molecule has 1 aliphatic rings. The molecule has 2 N–H and O–H groups in total. The summed E-state index contributed by atoms with van der Waals surface area (Å²) in [7, 11) is 0. The number of nitrogens with zero attached hydrogens (tertiary/aromatic N) is 1. The molecule has 1 fully saturated rings. The van der Waals surface area contributed by atoms with Crippen LogP contribution in [-0.4, -0.2) is 35.5 Å². The van der Waals surface area contributed by atoms with Crippen molar-refractivity contribution in [2.24, 2.45) is 0 Å². The Morgan fingerprint density at radius 1 is 1.29 bits per heavy atom. The zero-order valence-corrected chi connectivity index (χ0v) is 12.4. The SMILES string of the molecule is CCc1cc(NCC2(O)CCOCC2)c2ccccc2n1. The van der Waals surface area contributed by atoms with Gasteiger partial charge in [0, 0.05) is 49.4 Å². The van der Waals surface area contributed by atoms with E-state index in [1.807, 2.05) is 18.2 Å². The van der Waals surface area contributed by atoms with Crippen LogP contribution in [0.25, 0.3) is 10.9 Å². The van der Waals surface area contributed by atoms with Gasteiger partial charge in [-0.25, -0.2) is 0 Å². The van der Waals surface area contributed by atoms with E-state index in [2.05, 4.69) is 29.4 Å². The van der Waals surface area contributed by atoms with Gasteiger partial charge in [-0.3, -0.25) is 4.98 Å². The van der Waals surface area contributed by atoms with Crippen LogP contribution >= 0.6 is 0 Å². The molecule has 2 heterocycles. The van der Waals surface area contributed by atoms with Gasteiger partial charge in [0.05, 0.1) is 11.1 Å². The lowest BCUT2D eigenvalue weighted by atomic mass is 9.94. The molecule has 0 bridgehead atoms. The molecule has 0 amide bonds. The molecule has 1 aromatic heterocycles. The van der Waals surface area contributed by atoms with Crippen LogP contribution in [0.15, 0.2) is 30.3 Å². The molecule has 0 saturated carbocycles. The van der Waals surface area contributed by atoms with Gasteiger partial charge in [-0.1, -0.05) is 25.1 Å². The number of aliphatic hydroxyl groups is 1. The maximum atomic E-state index is 10.6. The van der Waals surface area contributed by atoms with Gasteiger partial charge >= 0.3 is 0 Å². The van der Waals surface area contributed by atoms with Gasteiger partial charge in [0.15, 0.2) is 0 Å². The molecule has 3 rings (SSSR count). The molecular weight excluding hydrogens is 264 g/mol. The van der Waals surface area contributed by atoms with E-state index in [-0.39, 0.29) is 0 Å². The monoisotopic (exact) mass is 286 g/mol. The molecule has 1 aliphatic heterocycles. The second-order valence-electron chi connectivity index (χ2n) is 5.72. The number of aromatic nitrogens is 1. The third-order valence-corrected chi connectivity index (χ3v) is 4.16. The molecule has 21 heavy (non-hydrogen) atoms. The number of benzene rings is 1. The minimum absolute atomic E-state index is 0.549. The molecule has 1 saturated heterocycles. The Balaban J connectivity index is 1.85. The van der Waals surface area contributed by atoms with Crippen LogP contribution in [0.3, 0.4) is 0 Å². The lowest BCUT2D eigenvalue weighted by Crippen LogP contribution is -2.42. The minimum atomic E-state index is -0.672. The highest BCUT2D eigenvalue weighted by Gasteiger charge is 2.29. The van der Waals surface area contributed by atoms with Crippen LogP contribution in [0, 0.1) is 0 Å². The average molecular weight is 286 g/mol. The second-order valence-corrected chi connectivity index (χ2v) is 5.72. The number of aryl methyl sites for hydroxylation is 1. The Morgan fingerprint density at radius 2 is 2.05 bits per heavy atom. The highest BCUT2D eigenvalue weighted by atomic mass is 16.5. The van der Waals surface area contributed by atoms with E-state index in [1.54, 1.807) is 0 Å². The summed E-state index contributed by atoms with van der Waals surface area (Å²) >= 11 is 0. The van der Waals surface area contributed by atoms with Crippen LogP contribution < -0.4 is 5.32 Å². The van der Waals surface area contributed by atoms with Crippen LogP contribution in [-0.2, 0) is 11.2 Å². The van der Waals surface area contributed by atoms with E-state index in [4.69, 9.17) is 4.74 Å². The molecule has 112 valence electrons. The first-order valence-electron chi connectivity index (χ1n) is 7.63. The number of ether oxygens (including phenoxy) is 1. The Labute approximate surface area is 125 Å². The van der Waals surface area contributed by atoms with Crippen LogP contribution in [0.5, 0.6) is 0 Å². The van der Waals surface area contributed by atoms with Crippen molar-refractivity contribution in [2.75, 3.05) is 25.1 Å². The van der Waals surface area contributed by atoms with E-state index in [1.165, 1.54) is 0 Å². The largest absolute Gasteiger partial charge is 0.388 e. The molecule has 2 aromatic rings. The summed E-state index contributed by atoms with van der Waals surface area (Å²) in [4.78, 5) is 4.64. The van der Waals surface area contributed by atoms with Gasteiger partial charge in [-0.05, 0) is 18.6 Å². The summed E-state index contributed by atoms with van der Waals surface area (Å²) in [5.74, 6) is 0. The van der Waals surface area contributed by atoms with Crippen LogP contribution in [0.2, 0.25) is 0 Å². The van der Waals surface area contributed by atoms with E-state index in [9.17, 15) is 5.11 Å². The van der Waals surface area contributed by atoms with Gasteiger partial charge < -0.3 is 15.2 Å². The number of hydrogen-bond acceptors (Lipinski definition) is 4. The Morgan fingerprint density at radius 3 is 2.81 bits per heavy atom. The van der Waals surface area contributed by atoms with Gasteiger partial charge in [-0.15, -0.1) is 0 Å². The normalized spacial score (nSPS) is 17.8. The van der Waals surface area contributed by atoms with E-state index >= 15 is 0 Å². The number of hydrogen-bond donors (Lipinski definition) is 2. The molecule has 0 radical (unpaired) electrons. The average Bonchev–Trinajstić information content (AvgIpc) is 2.53. The second kappa shape index (κ2) is 6.00. The molecule has 0 atom stereocenters. The maximum Gasteiger partial charge on any atom is 0.0863 e. The number of pyridine rings is 1. The first kappa shape index (κ1) is 14.3. The zero-order valence-electron chi connectivity index (χ0n) is 12.4. The van der Waals surface area contributed by atoms with Crippen molar-refractivity contribution in [3.8, 4) is 0 Å². The Hall–Kier alpha value is -1.65. The number of para-hydroxylation sites is 1. The van der Waals surface area contributed by atoms with E-state index in [0.717, 1.165) is 28.7 Å². The molecule has 4 nitrogen and oxygen atoms in total. The fourth-order valence-electron chi connectivity index (χ4n) is 2.75. The van der Waals surface area contributed by atoms with Crippen LogP contribution in [0.4, 0.5) is 5.69 Å². The summed E-state index contributed by atoms with van der Waals surface area (Å²) in [6.45, 7) is 3.92. The van der Waals surface area contributed by atoms with Crippen molar-refractivity contribution < 1.29 is 9.84 Å². The lowest BCUT2D eigenvalue weighted by molar-refractivity contribution is -0.0543. The zero-order chi connectivity index (χ0) is 14.7. The van der Waals surface area contributed by atoms with E-state index < -0.39 is 5.60 Å². The lowest BCUT2D eigenvalue weighted by Gasteiger charge is -2.32. The van der Waals surface area contributed by atoms with Crippen molar-refractivity contribution in [3.63, 3.8) is 0 Å². The molecule has 0 spiro atoms. The number of rotatable bonds is 4. The van der Waals surface area contributed by atoms with Gasteiger partial charge in [-0.2, -0.15) is 0 Å². The quantitative estimate of drug-likeness (QED) is 0.907. The first-order valence-corrected chi connectivity index (χ1v) is 7.63. The first-order chi connectivity index (χ1) is 10.2. The highest BCUT2D eigenvalue weighted by Crippen LogP contribution is 2.26. The number of anilines is 1. The number of nitrogens with one attached hydrogen (secondary N) is 1. The van der Waals surface area contributed by atoms with Crippen molar-refractivity contribution in [1.82, 2.24) is 4.98 Å². The predicted molar refractivity (Wildman–Crippen MR) is 84.6 cm³/mol. The summed E-state index contributed by atoms with van der Waals surface area (Å²) in [6, 6.07) is 10.2. The van der Waals surface area contributed by atoms with Gasteiger partial charge in [0.1, 0.15) is 0 Å². The summed E-state index contributed by atoms with van der Waals surface area (Å²) in [5.41, 5.74) is 2.44. The molecule has 0 unspecified atom stereocenters. The van der Waals surface area contributed by atoms with Gasteiger partial charge in [0.2, 0.25) is 0 Å². The van der Waals surface area contributed by atoms with Crippen LogP contribution in [0.1, 0.15) is 25.5 Å². The number of fused-ring (bicyclic) bond motifs is 1. The topological polar surface area (TPSA) is 54.4 Å². The van der Waals surface area contributed by atoms with Crippen molar-refractivity contribution >= 4 is 16.6 Å². The third-order valence-electron chi connectivity index (χ3n) is 4.16. The summed E-state index contributed by atoms with van der Waals surface area (Å²) < 4.78 is 5.33. The fourth-order valence-corrected chi connectivity index (χ4v) is 2.75.